The van der Waals surface area contributed by atoms with E-state index in [-0.39, 0.29) is 16.4 Å². The Hall–Kier alpha value is -2.60. The lowest BCUT2D eigenvalue weighted by Crippen LogP contribution is -2.38. The van der Waals surface area contributed by atoms with Gasteiger partial charge in [0.15, 0.2) is 0 Å². The van der Waals surface area contributed by atoms with Gasteiger partial charge < -0.3 is 9.84 Å². The molecule has 0 saturated heterocycles. The molecule has 0 radical (unpaired) electrons. The fourth-order valence-electron chi connectivity index (χ4n) is 3.02. The van der Waals surface area contributed by atoms with E-state index in [0.717, 1.165) is 16.7 Å². The molecule has 1 N–H and O–H groups in total. The van der Waals surface area contributed by atoms with E-state index in [9.17, 15) is 21.9 Å². The van der Waals surface area contributed by atoms with Crippen molar-refractivity contribution < 1.29 is 35.0 Å². The predicted molar refractivity (Wildman–Crippen MR) is 130 cm³/mol. The Labute approximate surface area is 206 Å². The first-order valence-corrected chi connectivity index (χ1v) is 13.6. The van der Waals surface area contributed by atoms with Gasteiger partial charge in [-0.15, -0.1) is 0 Å². The Morgan fingerprint density at radius 2 is 1.14 bits per heavy atom. The van der Waals surface area contributed by atoms with Gasteiger partial charge in [-0.3, -0.25) is 8.37 Å². The number of benzene rings is 3. The van der Waals surface area contributed by atoms with Crippen molar-refractivity contribution in [3.8, 4) is 0 Å². The highest BCUT2D eigenvalue weighted by Gasteiger charge is 2.27. The van der Waals surface area contributed by atoms with Gasteiger partial charge in [0.2, 0.25) is 0 Å². The van der Waals surface area contributed by atoms with Crippen LogP contribution in [0.2, 0.25) is 0 Å². The first kappa shape index (κ1) is 27.0. The van der Waals surface area contributed by atoms with Crippen molar-refractivity contribution in [2.24, 2.45) is 0 Å². The van der Waals surface area contributed by atoms with Gasteiger partial charge in [0.25, 0.3) is 20.2 Å². The average Bonchev–Trinajstić information content (AvgIpc) is 2.84. The SMILES string of the molecule is Cc1ccc(S(=O)(=O)OC[C@H](OCc2ccccc2)[C@@H](O)COS(=O)(=O)c2ccc(C)cc2)cc1. The van der Waals surface area contributed by atoms with Crippen molar-refractivity contribution in [2.45, 2.75) is 42.5 Å². The third kappa shape index (κ3) is 7.96. The fraction of sp³-hybridized carbons (Fsp3) is 0.280. The van der Waals surface area contributed by atoms with Gasteiger partial charge in [0.05, 0.1) is 29.6 Å². The number of rotatable bonds is 12. The Bertz CT molecular complexity index is 1290. The maximum Gasteiger partial charge on any atom is 0.297 e. The molecule has 0 saturated carbocycles. The van der Waals surface area contributed by atoms with Crippen LogP contribution in [-0.2, 0) is 39.9 Å². The smallest absolute Gasteiger partial charge is 0.297 e. The van der Waals surface area contributed by atoms with E-state index in [0.29, 0.717) is 0 Å². The number of aliphatic hydroxyl groups excluding tert-OH is 1. The quantitative estimate of drug-likeness (QED) is 0.362. The molecule has 3 aromatic rings. The van der Waals surface area contributed by atoms with Crippen LogP contribution in [0.5, 0.6) is 0 Å². The number of hydrogen-bond donors (Lipinski definition) is 1. The predicted octanol–water partition coefficient (Wildman–Crippen LogP) is 3.36. The molecule has 2 atom stereocenters. The summed E-state index contributed by atoms with van der Waals surface area (Å²) in [6.45, 7) is 2.50. The molecule has 35 heavy (non-hydrogen) atoms. The van der Waals surface area contributed by atoms with E-state index >= 15 is 0 Å². The van der Waals surface area contributed by atoms with E-state index < -0.39 is 45.7 Å². The second-order valence-electron chi connectivity index (χ2n) is 8.01. The van der Waals surface area contributed by atoms with Crippen molar-refractivity contribution in [2.75, 3.05) is 13.2 Å². The zero-order valence-corrected chi connectivity index (χ0v) is 21.0. The highest BCUT2D eigenvalue weighted by molar-refractivity contribution is 7.87. The van der Waals surface area contributed by atoms with E-state index in [4.69, 9.17) is 13.1 Å². The highest BCUT2D eigenvalue weighted by atomic mass is 32.2. The third-order valence-electron chi connectivity index (χ3n) is 5.14. The second-order valence-corrected chi connectivity index (χ2v) is 11.2. The van der Waals surface area contributed by atoms with Gasteiger partial charge >= 0.3 is 0 Å². The van der Waals surface area contributed by atoms with Crippen LogP contribution in [-0.4, -0.2) is 47.4 Å². The second kappa shape index (κ2) is 11.9. The maximum absolute atomic E-state index is 12.6. The summed E-state index contributed by atoms with van der Waals surface area (Å²) < 4.78 is 66.0. The summed E-state index contributed by atoms with van der Waals surface area (Å²) in [7, 11) is -8.27. The summed E-state index contributed by atoms with van der Waals surface area (Å²) in [5.74, 6) is 0. The lowest BCUT2D eigenvalue weighted by Gasteiger charge is -2.23. The molecular formula is C25H28O8S2. The molecule has 0 aliphatic carbocycles. The molecule has 8 nitrogen and oxygen atoms in total. The molecule has 0 unspecified atom stereocenters. The third-order valence-corrected chi connectivity index (χ3v) is 7.73. The number of hydrogen-bond acceptors (Lipinski definition) is 8. The molecule has 0 heterocycles. The maximum atomic E-state index is 12.6. The van der Waals surface area contributed by atoms with Crippen molar-refractivity contribution in [1.82, 2.24) is 0 Å². The Balaban J connectivity index is 1.70. The van der Waals surface area contributed by atoms with Gasteiger partial charge in [0, 0.05) is 0 Å². The molecule has 3 aromatic carbocycles. The molecule has 3 rings (SSSR count). The first-order chi connectivity index (χ1) is 16.6. The first-order valence-electron chi connectivity index (χ1n) is 10.8. The standard InChI is InChI=1S/C25H28O8S2/c1-19-8-12-22(13-9-19)34(27,28)32-17-24(26)25(31-16-21-6-4-3-5-7-21)18-33-35(29,30)23-14-10-20(2)11-15-23/h3-15,24-26H,16-18H2,1-2H3/t24-,25-/m0/s1. The van der Waals surface area contributed by atoms with Crippen LogP contribution in [0.1, 0.15) is 16.7 Å². The summed E-state index contributed by atoms with van der Waals surface area (Å²) in [6.07, 6.45) is -2.68. The van der Waals surface area contributed by atoms with Crippen LogP contribution >= 0.6 is 0 Å². The van der Waals surface area contributed by atoms with Crippen molar-refractivity contribution in [3.05, 3.63) is 95.6 Å². The van der Waals surface area contributed by atoms with Crippen molar-refractivity contribution >= 4 is 20.2 Å². The van der Waals surface area contributed by atoms with Crippen molar-refractivity contribution in [3.63, 3.8) is 0 Å². The Morgan fingerprint density at radius 3 is 1.63 bits per heavy atom. The monoisotopic (exact) mass is 520 g/mol. The summed E-state index contributed by atoms with van der Waals surface area (Å²) in [4.78, 5) is -0.104. The van der Waals surface area contributed by atoms with Crippen LogP contribution < -0.4 is 0 Å². The minimum absolute atomic E-state index is 0.0429. The average molecular weight is 521 g/mol. The van der Waals surface area contributed by atoms with E-state index in [2.05, 4.69) is 0 Å². The van der Waals surface area contributed by atoms with Gasteiger partial charge in [-0.1, -0.05) is 65.7 Å². The van der Waals surface area contributed by atoms with Gasteiger partial charge in [-0.25, -0.2) is 0 Å². The number of aryl methyl sites for hydroxylation is 2. The summed E-state index contributed by atoms with van der Waals surface area (Å²) in [5, 5.41) is 10.7. The molecule has 0 aliphatic rings. The zero-order valence-electron chi connectivity index (χ0n) is 19.4. The largest absolute Gasteiger partial charge is 0.388 e. The lowest BCUT2D eigenvalue weighted by atomic mass is 10.2. The number of ether oxygens (including phenoxy) is 1. The van der Waals surface area contributed by atoms with E-state index in [1.54, 1.807) is 48.5 Å². The molecule has 0 spiro atoms. The topological polar surface area (TPSA) is 116 Å². The minimum Gasteiger partial charge on any atom is -0.388 e. The molecule has 0 bridgehead atoms. The molecular weight excluding hydrogens is 492 g/mol. The van der Waals surface area contributed by atoms with Crippen LogP contribution in [0, 0.1) is 13.8 Å². The van der Waals surface area contributed by atoms with E-state index in [1.165, 1.54) is 24.3 Å². The molecule has 0 fully saturated rings. The Morgan fingerprint density at radius 1 is 0.686 bits per heavy atom. The number of aliphatic hydroxyl groups is 1. The highest BCUT2D eigenvalue weighted by Crippen LogP contribution is 2.18. The lowest BCUT2D eigenvalue weighted by molar-refractivity contribution is -0.0770. The summed E-state index contributed by atoms with van der Waals surface area (Å²) >= 11 is 0. The fourth-order valence-corrected chi connectivity index (χ4v) is 4.86. The van der Waals surface area contributed by atoms with Gasteiger partial charge in [0.1, 0.15) is 12.2 Å². The van der Waals surface area contributed by atoms with Gasteiger partial charge in [-0.05, 0) is 43.7 Å². The normalized spacial score (nSPS) is 13.9. The zero-order chi connectivity index (χ0) is 25.5. The molecule has 10 heteroatoms. The van der Waals surface area contributed by atoms with Gasteiger partial charge in [-0.2, -0.15) is 16.8 Å². The molecule has 0 amide bonds. The Kier molecular flexibility index (Phi) is 9.17. The van der Waals surface area contributed by atoms with E-state index in [1.807, 2.05) is 19.9 Å². The van der Waals surface area contributed by atoms with Crippen molar-refractivity contribution in [1.29, 1.82) is 0 Å². The molecule has 0 aromatic heterocycles. The molecule has 0 aliphatic heterocycles. The van der Waals surface area contributed by atoms with Crippen LogP contribution in [0.3, 0.4) is 0 Å². The van der Waals surface area contributed by atoms with Crippen LogP contribution in [0.15, 0.2) is 88.7 Å². The molecule has 188 valence electrons. The van der Waals surface area contributed by atoms with Crippen LogP contribution in [0.25, 0.3) is 0 Å². The summed E-state index contributed by atoms with van der Waals surface area (Å²) in [5.41, 5.74) is 2.54. The summed E-state index contributed by atoms with van der Waals surface area (Å²) in [6, 6.07) is 21.2. The minimum atomic E-state index is -4.14. The van der Waals surface area contributed by atoms with Crippen LogP contribution in [0.4, 0.5) is 0 Å².